The van der Waals surface area contributed by atoms with Gasteiger partial charge >= 0.3 is 6.03 Å². The molecule has 1 aliphatic carbocycles. The van der Waals surface area contributed by atoms with E-state index in [-0.39, 0.29) is 23.3 Å². The molecule has 1 unspecified atom stereocenters. The number of amides is 3. The van der Waals surface area contributed by atoms with Crippen molar-refractivity contribution >= 4 is 17.6 Å². The summed E-state index contributed by atoms with van der Waals surface area (Å²) in [5.74, 6) is 0.593. The van der Waals surface area contributed by atoms with Gasteiger partial charge in [0.1, 0.15) is 5.75 Å². The van der Waals surface area contributed by atoms with Crippen LogP contribution in [0.1, 0.15) is 32.6 Å². The van der Waals surface area contributed by atoms with Crippen LogP contribution in [0.25, 0.3) is 0 Å². The molecule has 1 aromatic rings. The number of likely N-dealkylation sites (tertiary alicyclic amines) is 1. The zero-order chi connectivity index (χ0) is 17.9. The summed E-state index contributed by atoms with van der Waals surface area (Å²) in [6.45, 7) is 3.57. The summed E-state index contributed by atoms with van der Waals surface area (Å²) in [6, 6.07) is 7.26. The number of carbonyl (C=O) groups excluding carboxylic acids is 2. The summed E-state index contributed by atoms with van der Waals surface area (Å²) in [7, 11) is 1.67. The van der Waals surface area contributed by atoms with E-state index < -0.39 is 0 Å². The van der Waals surface area contributed by atoms with Crippen molar-refractivity contribution in [3.05, 3.63) is 24.3 Å². The number of benzene rings is 1. The molecule has 1 saturated carbocycles. The summed E-state index contributed by atoms with van der Waals surface area (Å²) in [6.07, 6.45) is 4.31. The van der Waals surface area contributed by atoms with Crippen molar-refractivity contribution in [3.63, 3.8) is 0 Å². The first kappa shape index (κ1) is 17.6. The maximum Gasteiger partial charge on any atom is 0.321 e. The second kappa shape index (κ2) is 7.33. The van der Waals surface area contributed by atoms with Gasteiger partial charge in [-0.05, 0) is 31.9 Å². The first-order chi connectivity index (χ1) is 12.1. The number of hydrogen-bond donors (Lipinski definition) is 2. The van der Waals surface area contributed by atoms with Crippen molar-refractivity contribution in [2.45, 2.75) is 32.6 Å². The Labute approximate surface area is 148 Å². The van der Waals surface area contributed by atoms with Gasteiger partial charge in [-0.2, -0.15) is 0 Å². The van der Waals surface area contributed by atoms with E-state index in [9.17, 15) is 9.59 Å². The largest absolute Gasteiger partial charge is 0.492 e. The average molecular weight is 345 g/mol. The van der Waals surface area contributed by atoms with Crippen LogP contribution in [0.4, 0.5) is 10.5 Å². The van der Waals surface area contributed by atoms with Crippen molar-refractivity contribution < 1.29 is 14.3 Å². The monoisotopic (exact) mass is 345 g/mol. The Morgan fingerprint density at radius 3 is 2.68 bits per heavy atom. The van der Waals surface area contributed by atoms with Gasteiger partial charge in [-0.25, -0.2) is 4.79 Å². The van der Waals surface area contributed by atoms with Crippen molar-refractivity contribution in [2.75, 3.05) is 32.1 Å². The summed E-state index contributed by atoms with van der Waals surface area (Å²) in [5.41, 5.74) is 0.606. The van der Waals surface area contributed by atoms with E-state index in [0.29, 0.717) is 31.1 Å². The molecule has 1 aromatic carbocycles. The fourth-order valence-electron chi connectivity index (χ4n) is 4.29. The molecule has 25 heavy (non-hydrogen) atoms. The highest BCUT2D eigenvalue weighted by molar-refractivity contribution is 5.92. The Morgan fingerprint density at radius 2 is 2.00 bits per heavy atom. The van der Waals surface area contributed by atoms with Crippen LogP contribution in [-0.2, 0) is 4.79 Å². The number of hydrogen-bond acceptors (Lipinski definition) is 3. The quantitative estimate of drug-likeness (QED) is 0.881. The molecule has 2 aliphatic rings. The van der Waals surface area contributed by atoms with Crippen LogP contribution in [0.5, 0.6) is 5.75 Å². The highest BCUT2D eigenvalue weighted by Crippen LogP contribution is 2.49. The summed E-state index contributed by atoms with van der Waals surface area (Å²) >= 11 is 0. The molecule has 1 atom stereocenters. The average Bonchev–Trinajstić information content (AvgIpc) is 3.24. The third kappa shape index (κ3) is 3.43. The molecule has 1 saturated heterocycles. The van der Waals surface area contributed by atoms with E-state index >= 15 is 0 Å². The predicted molar refractivity (Wildman–Crippen MR) is 96.7 cm³/mol. The Morgan fingerprint density at radius 1 is 1.28 bits per heavy atom. The molecule has 0 radical (unpaired) electrons. The molecule has 2 N–H and O–H groups in total. The molecule has 136 valence electrons. The minimum absolute atomic E-state index is 0.0481. The topological polar surface area (TPSA) is 70.7 Å². The summed E-state index contributed by atoms with van der Waals surface area (Å²) in [5, 5.41) is 5.73. The number of urea groups is 1. The lowest BCUT2D eigenvalue weighted by molar-refractivity contribution is -0.127. The normalized spacial score (nSPS) is 21.4. The van der Waals surface area contributed by atoms with Crippen LogP contribution in [0.2, 0.25) is 0 Å². The molecule has 1 aliphatic heterocycles. The maximum absolute atomic E-state index is 12.8. The van der Waals surface area contributed by atoms with Gasteiger partial charge in [0.15, 0.2) is 0 Å². The van der Waals surface area contributed by atoms with E-state index in [2.05, 4.69) is 10.6 Å². The van der Waals surface area contributed by atoms with Crippen LogP contribution in [-0.4, -0.2) is 43.6 Å². The van der Waals surface area contributed by atoms with Crippen LogP contribution in [0.3, 0.4) is 0 Å². The van der Waals surface area contributed by atoms with Gasteiger partial charge in [-0.1, -0.05) is 25.0 Å². The SMILES string of the molecule is CCOc1ccccc1NC(=O)N1CC(C(=O)NC)C2(CCCC2)C1. The van der Waals surface area contributed by atoms with Crippen LogP contribution >= 0.6 is 0 Å². The Bertz CT molecular complexity index is 641. The Hall–Kier alpha value is -2.24. The Balaban J connectivity index is 1.74. The van der Waals surface area contributed by atoms with Gasteiger partial charge in [0.05, 0.1) is 18.2 Å². The molecule has 2 fully saturated rings. The van der Waals surface area contributed by atoms with E-state index in [4.69, 9.17) is 4.74 Å². The fourth-order valence-corrected chi connectivity index (χ4v) is 4.29. The minimum atomic E-state index is -0.162. The summed E-state index contributed by atoms with van der Waals surface area (Å²) in [4.78, 5) is 26.9. The smallest absolute Gasteiger partial charge is 0.321 e. The number of carbonyl (C=O) groups is 2. The number of para-hydroxylation sites is 2. The zero-order valence-electron chi connectivity index (χ0n) is 15.0. The molecule has 1 heterocycles. The van der Waals surface area contributed by atoms with E-state index in [1.807, 2.05) is 31.2 Å². The first-order valence-corrected chi connectivity index (χ1v) is 9.09. The predicted octanol–water partition coefficient (Wildman–Crippen LogP) is 2.86. The number of ether oxygens (including phenoxy) is 1. The van der Waals surface area contributed by atoms with Crippen LogP contribution in [0.15, 0.2) is 24.3 Å². The number of anilines is 1. The maximum atomic E-state index is 12.8. The Kier molecular flexibility index (Phi) is 5.16. The molecular weight excluding hydrogens is 318 g/mol. The van der Waals surface area contributed by atoms with Crippen LogP contribution in [0, 0.1) is 11.3 Å². The van der Waals surface area contributed by atoms with Gasteiger partial charge in [0.25, 0.3) is 0 Å². The molecule has 1 spiro atoms. The van der Waals surface area contributed by atoms with Crippen molar-refractivity contribution in [1.29, 1.82) is 0 Å². The van der Waals surface area contributed by atoms with E-state index in [0.717, 1.165) is 25.7 Å². The fraction of sp³-hybridized carbons (Fsp3) is 0.579. The van der Waals surface area contributed by atoms with Gasteiger partial charge in [0, 0.05) is 25.6 Å². The minimum Gasteiger partial charge on any atom is -0.492 e. The zero-order valence-corrected chi connectivity index (χ0v) is 15.0. The van der Waals surface area contributed by atoms with Gasteiger partial charge in [0.2, 0.25) is 5.91 Å². The molecule has 6 heteroatoms. The highest BCUT2D eigenvalue weighted by atomic mass is 16.5. The van der Waals surface area contributed by atoms with Gasteiger partial charge < -0.3 is 20.3 Å². The van der Waals surface area contributed by atoms with Gasteiger partial charge in [-0.15, -0.1) is 0 Å². The number of nitrogens with one attached hydrogen (secondary N) is 2. The summed E-state index contributed by atoms with van der Waals surface area (Å²) < 4.78 is 5.57. The second-order valence-electron chi connectivity index (χ2n) is 6.98. The standard InChI is InChI=1S/C19H27N3O3/c1-3-25-16-9-5-4-8-15(16)21-18(24)22-12-14(17(23)20-2)19(13-22)10-6-7-11-19/h4-5,8-9,14H,3,6-7,10-13H2,1-2H3,(H,20,23)(H,21,24). The molecule has 0 aromatic heterocycles. The van der Waals surface area contributed by atoms with Crippen LogP contribution < -0.4 is 15.4 Å². The molecule has 3 rings (SSSR count). The lowest BCUT2D eigenvalue weighted by Crippen LogP contribution is -2.38. The van der Waals surface area contributed by atoms with Crippen molar-refractivity contribution in [2.24, 2.45) is 11.3 Å². The first-order valence-electron chi connectivity index (χ1n) is 9.09. The molecular formula is C19H27N3O3. The molecule has 6 nitrogen and oxygen atoms in total. The molecule has 3 amide bonds. The molecule has 0 bridgehead atoms. The second-order valence-corrected chi connectivity index (χ2v) is 6.98. The highest BCUT2D eigenvalue weighted by Gasteiger charge is 2.52. The number of rotatable bonds is 4. The van der Waals surface area contributed by atoms with E-state index in [1.54, 1.807) is 11.9 Å². The van der Waals surface area contributed by atoms with Gasteiger partial charge in [-0.3, -0.25) is 4.79 Å². The number of nitrogens with zero attached hydrogens (tertiary/aromatic N) is 1. The lowest BCUT2D eigenvalue weighted by Gasteiger charge is -2.28. The van der Waals surface area contributed by atoms with Crippen molar-refractivity contribution in [3.8, 4) is 5.75 Å². The van der Waals surface area contributed by atoms with Crippen molar-refractivity contribution in [1.82, 2.24) is 10.2 Å². The lowest BCUT2D eigenvalue weighted by atomic mass is 9.76. The van der Waals surface area contributed by atoms with E-state index in [1.165, 1.54) is 0 Å². The third-order valence-corrected chi connectivity index (χ3v) is 5.53. The third-order valence-electron chi connectivity index (χ3n) is 5.53.